The molecule has 0 amide bonds. The molecule has 0 aliphatic rings. The molecule has 1 N–H and O–H groups in total. The molecule has 0 saturated carbocycles. The summed E-state index contributed by atoms with van der Waals surface area (Å²) in [6.07, 6.45) is 0. The molecule has 0 fully saturated rings. The number of carbonyl (C=O) groups is 1. The van der Waals surface area contributed by atoms with Gasteiger partial charge in [-0.25, -0.2) is 0 Å². The fourth-order valence-corrected chi connectivity index (χ4v) is 2.91. The van der Waals surface area contributed by atoms with Crippen molar-refractivity contribution in [2.45, 2.75) is 19.9 Å². The molecular weight excluding hydrogens is 248 g/mol. The molecule has 1 unspecified atom stereocenters. The lowest BCUT2D eigenvalue weighted by molar-refractivity contribution is -0.138. The Hall–Kier alpha value is -0.910. The zero-order valence-corrected chi connectivity index (χ0v) is 12.3. The number of nitrogens with zero attached hydrogens (tertiary/aromatic N) is 2. The Morgan fingerprint density at radius 3 is 2.56 bits per heavy atom. The highest BCUT2D eigenvalue weighted by atomic mass is 32.1. The fourth-order valence-electron chi connectivity index (χ4n) is 1.89. The third kappa shape index (κ3) is 4.40. The van der Waals surface area contributed by atoms with Crippen molar-refractivity contribution in [1.29, 1.82) is 0 Å². The van der Waals surface area contributed by atoms with Gasteiger partial charge in [-0.05, 0) is 45.0 Å². The smallest absolute Gasteiger partial charge is 0.317 e. The maximum absolute atomic E-state index is 11.0. The van der Waals surface area contributed by atoms with Crippen molar-refractivity contribution in [1.82, 2.24) is 9.80 Å². The second-order valence-electron chi connectivity index (χ2n) is 4.81. The average molecular weight is 270 g/mol. The Morgan fingerprint density at radius 2 is 2.11 bits per heavy atom. The maximum Gasteiger partial charge on any atom is 0.317 e. The average Bonchev–Trinajstić information content (AvgIpc) is 2.69. The molecule has 1 aromatic heterocycles. The number of rotatable bonds is 7. The molecule has 5 heteroatoms. The van der Waals surface area contributed by atoms with E-state index in [0.29, 0.717) is 0 Å². The van der Waals surface area contributed by atoms with Crippen molar-refractivity contribution in [2.75, 3.05) is 33.7 Å². The standard InChI is InChI=1S/C13H22N2O2S/c1-10-5-8-18-13(10)11(2)15(9-12(16)17)7-6-14(3)4/h5,8,11H,6-7,9H2,1-4H3,(H,16,17). The van der Waals surface area contributed by atoms with Crippen LogP contribution in [0.25, 0.3) is 0 Å². The van der Waals surface area contributed by atoms with E-state index in [4.69, 9.17) is 5.11 Å². The van der Waals surface area contributed by atoms with Crippen LogP contribution < -0.4 is 0 Å². The van der Waals surface area contributed by atoms with Gasteiger partial charge in [0.15, 0.2) is 0 Å². The van der Waals surface area contributed by atoms with Crippen LogP contribution in [-0.2, 0) is 4.79 Å². The van der Waals surface area contributed by atoms with Gasteiger partial charge in [-0.3, -0.25) is 9.69 Å². The number of carboxylic acid groups (broad SMARTS) is 1. The third-order valence-corrected chi connectivity index (χ3v) is 4.19. The second-order valence-corrected chi connectivity index (χ2v) is 5.76. The van der Waals surface area contributed by atoms with Crippen LogP contribution in [0.3, 0.4) is 0 Å². The van der Waals surface area contributed by atoms with Crippen LogP contribution in [-0.4, -0.2) is 54.6 Å². The van der Waals surface area contributed by atoms with Crippen molar-refractivity contribution in [2.24, 2.45) is 0 Å². The normalized spacial score (nSPS) is 13.2. The van der Waals surface area contributed by atoms with Gasteiger partial charge in [-0.15, -0.1) is 11.3 Å². The minimum Gasteiger partial charge on any atom is -0.480 e. The van der Waals surface area contributed by atoms with E-state index in [1.165, 1.54) is 10.4 Å². The van der Waals surface area contributed by atoms with Gasteiger partial charge in [0.25, 0.3) is 0 Å². The number of likely N-dealkylation sites (N-methyl/N-ethyl adjacent to an activating group) is 1. The van der Waals surface area contributed by atoms with Gasteiger partial charge in [0.05, 0.1) is 6.54 Å². The summed E-state index contributed by atoms with van der Waals surface area (Å²) in [5.74, 6) is -0.769. The lowest BCUT2D eigenvalue weighted by Gasteiger charge is -2.28. The number of aryl methyl sites for hydroxylation is 1. The van der Waals surface area contributed by atoms with Crippen LogP contribution in [0, 0.1) is 6.92 Å². The lowest BCUT2D eigenvalue weighted by atomic mass is 10.1. The van der Waals surface area contributed by atoms with E-state index in [0.717, 1.165) is 13.1 Å². The lowest BCUT2D eigenvalue weighted by Crippen LogP contribution is -2.37. The van der Waals surface area contributed by atoms with Crippen LogP contribution >= 0.6 is 11.3 Å². The first-order chi connectivity index (χ1) is 8.41. The molecule has 1 heterocycles. The van der Waals surface area contributed by atoms with Crippen molar-refractivity contribution >= 4 is 17.3 Å². The van der Waals surface area contributed by atoms with Gasteiger partial charge in [0, 0.05) is 24.0 Å². The van der Waals surface area contributed by atoms with E-state index in [2.05, 4.69) is 30.2 Å². The molecule has 0 saturated heterocycles. The molecule has 18 heavy (non-hydrogen) atoms. The largest absolute Gasteiger partial charge is 0.480 e. The quantitative estimate of drug-likeness (QED) is 0.823. The number of aliphatic carboxylic acids is 1. The van der Waals surface area contributed by atoms with Crippen molar-refractivity contribution in [3.63, 3.8) is 0 Å². The van der Waals surface area contributed by atoms with E-state index >= 15 is 0 Å². The molecular formula is C13H22N2O2S. The highest BCUT2D eigenvalue weighted by Gasteiger charge is 2.20. The van der Waals surface area contributed by atoms with Crippen molar-refractivity contribution in [3.8, 4) is 0 Å². The molecule has 4 nitrogen and oxygen atoms in total. The summed E-state index contributed by atoms with van der Waals surface area (Å²) in [4.78, 5) is 16.3. The van der Waals surface area contributed by atoms with E-state index in [9.17, 15) is 4.79 Å². The zero-order chi connectivity index (χ0) is 13.7. The van der Waals surface area contributed by atoms with E-state index < -0.39 is 5.97 Å². The summed E-state index contributed by atoms with van der Waals surface area (Å²) in [7, 11) is 4.00. The van der Waals surface area contributed by atoms with Crippen molar-refractivity contribution in [3.05, 3.63) is 21.9 Å². The monoisotopic (exact) mass is 270 g/mol. The van der Waals surface area contributed by atoms with Gasteiger partial charge in [0.2, 0.25) is 0 Å². The molecule has 1 atom stereocenters. The molecule has 0 spiro atoms. The minimum atomic E-state index is -0.769. The molecule has 1 rings (SSSR count). The van der Waals surface area contributed by atoms with Gasteiger partial charge >= 0.3 is 5.97 Å². The molecule has 1 aromatic rings. The molecule has 102 valence electrons. The minimum absolute atomic E-state index is 0.0896. The first kappa shape index (κ1) is 15.1. The predicted octanol–water partition coefficient (Wildman–Crippen LogP) is 2.07. The Kier molecular flexibility index (Phi) is 5.78. The van der Waals surface area contributed by atoms with E-state index in [-0.39, 0.29) is 12.6 Å². The molecule has 0 radical (unpaired) electrons. The van der Waals surface area contributed by atoms with Crippen LogP contribution in [0.2, 0.25) is 0 Å². The Morgan fingerprint density at radius 1 is 1.44 bits per heavy atom. The topological polar surface area (TPSA) is 43.8 Å². The Labute approximate surface area is 113 Å². The molecule has 0 aliphatic carbocycles. The summed E-state index contributed by atoms with van der Waals surface area (Å²) in [5.41, 5.74) is 1.24. The summed E-state index contributed by atoms with van der Waals surface area (Å²) in [5, 5.41) is 11.1. The Balaban J connectivity index is 2.75. The summed E-state index contributed by atoms with van der Waals surface area (Å²) in [6.45, 7) is 5.87. The van der Waals surface area contributed by atoms with Gasteiger partial charge in [0.1, 0.15) is 0 Å². The van der Waals surface area contributed by atoms with Crippen LogP contribution in [0.5, 0.6) is 0 Å². The molecule has 0 bridgehead atoms. The van der Waals surface area contributed by atoms with Crippen LogP contribution in [0.4, 0.5) is 0 Å². The Bertz CT molecular complexity index is 390. The number of hydrogen-bond acceptors (Lipinski definition) is 4. The first-order valence-corrected chi connectivity index (χ1v) is 6.94. The maximum atomic E-state index is 11.0. The van der Waals surface area contributed by atoms with Crippen LogP contribution in [0.1, 0.15) is 23.4 Å². The van der Waals surface area contributed by atoms with Crippen LogP contribution in [0.15, 0.2) is 11.4 Å². The first-order valence-electron chi connectivity index (χ1n) is 6.06. The highest BCUT2D eigenvalue weighted by molar-refractivity contribution is 7.10. The number of thiophene rings is 1. The highest BCUT2D eigenvalue weighted by Crippen LogP contribution is 2.28. The van der Waals surface area contributed by atoms with Gasteiger partial charge < -0.3 is 10.0 Å². The summed E-state index contributed by atoms with van der Waals surface area (Å²) in [6, 6.07) is 2.24. The molecule has 0 aliphatic heterocycles. The SMILES string of the molecule is Cc1ccsc1C(C)N(CCN(C)C)CC(=O)O. The molecule has 0 aromatic carbocycles. The van der Waals surface area contributed by atoms with E-state index in [1.807, 2.05) is 19.0 Å². The zero-order valence-electron chi connectivity index (χ0n) is 11.5. The van der Waals surface area contributed by atoms with E-state index in [1.54, 1.807) is 11.3 Å². The fraction of sp³-hybridized carbons (Fsp3) is 0.615. The van der Waals surface area contributed by atoms with Gasteiger partial charge in [-0.1, -0.05) is 0 Å². The van der Waals surface area contributed by atoms with Crippen molar-refractivity contribution < 1.29 is 9.90 Å². The second kappa shape index (κ2) is 6.87. The number of hydrogen-bond donors (Lipinski definition) is 1. The summed E-state index contributed by atoms with van der Waals surface area (Å²) < 4.78 is 0. The number of carboxylic acids is 1. The predicted molar refractivity (Wildman–Crippen MR) is 75.2 cm³/mol. The van der Waals surface area contributed by atoms with Gasteiger partial charge in [-0.2, -0.15) is 0 Å². The third-order valence-electron chi connectivity index (χ3n) is 3.00. The summed E-state index contributed by atoms with van der Waals surface area (Å²) >= 11 is 1.70.